The number of fused-ring (bicyclic) bond motifs is 1. The van der Waals surface area contributed by atoms with Crippen LogP contribution in [0.4, 0.5) is 0 Å². The number of thioether (sulfide) groups is 1. The minimum atomic E-state index is -0.0703. The molecule has 1 saturated heterocycles. The topological polar surface area (TPSA) is 35.6 Å². The molecule has 0 aliphatic carbocycles. The van der Waals surface area contributed by atoms with Crippen molar-refractivity contribution >= 4 is 34.5 Å². The molecular weight excluding hydrogens is 292 g/mol. The average Bonchev–Trinajstić information content (AvgIpc) is 2.98. The van der Waals surface area contributed by atoms with Gasteiger partial charge in [0.25, 0.3) is 0 Å². The predicted molar refractivity (Wildman–Crippen MR) is 85.8 cm³/mol. The quantitative estimate of drug-likeness (QED) is 0.806. The zero-order chi connectivity index (χ0) is 14.3. The summed E-state index contributed by atoms with van der Waals surface area (Å²) in [6.45, 7) is 7.03. The molecule has 0 spiro atoms. The molecule has 4 nitrogen and oxygen atoms in total. The highest BCUT2D eigenvalue weighted by Crippen LogP contribution is 2.35. The Bertz CT molecular complexity index is 610. The van der Waals surface area contributed by atoms with Gasteiger partial charge in [-0.25, -0.2) is 9.67 Å². The fourth-order valence-corrected chi connectivity index (χ4v) is 4.27. The van der Waals surface area contributed by atoms with Crippen LogP contribution in [0.15, 0.2) is 0 Å². The molecule has 110 valence electrons. The van der Waals surface area contributed by atoms with Gasteiger partial charge in [-0.05, 0) is 39.4 Å². The maximum atomic E-state index is 6.38. The number of nitrogens with zero attached hydrogens (tertiary/aromatic N) is 4. The van der Waals surface area contributed by atoms with Crippen LogP contribution in [-0.2, 0) is 6.54 Å². The van der Waals surface area contributed by atoms with Gasteiger partial charge in [0.15, 0.2) is 5.65 Å². The number of rotatable bonds is 3. The molecule has 1 aliphatic heterocycles. The van der Waals surface area contributed by atoms with E-state index < -0.39 is 0 Å². The summed E-state index contributed by atoms with van der Waals surface area (Å²) in [7, 11) is 0. The van der Waals surface area contributed by atoms with Crippen LogP contribution in [0.25, 0.3) is 11.2 Å². The lowest BCUT2D eigenvalue weighted by molar-refractivity contribution is 0.480. The highest BCUT2D eigenvalue weighted by molar-refractivity contribution is 7.99. The number of aryl methyl sites for hydroxylation is 2. The number of hydrogen-bond donors (Lipinski definition) is 0. The smallest absolute Gasteiger partial charge is 0.159 e. The van der Waals surface area contributed by atoms with Crippen molar-refractivity contribution in [3.8, 4) is 0 Å². The number of imidazole rings is 1. The minimum Gasteiger partial charge on any atom is -0.308 e. The van der Waals surface area contributed by atoms with E-state index in [1.54, 1.807) is 0 Å². The molecule has 0 N–H and O–H groups in total. The molecule has 2 atom stereocenters. The van der Waals surface area contributed by atoms with Gasteiger partial charge in [-0.1, -0.05) is 0 Å². The van der Waals surface area contributed by atoms with Gasteiger partial charge in [0.2, 0.25) is 0 Å². The number of aromatic nitrogens is 4. The molecule has 6 heteroatoms. The Hall–Kier alpha value is -0.680. The summed E-state index contributed by atoms with van der Waals surface area (Å²) in [5.74, 6) is 3.42. The molecule has 0 aromatic carbocycles. The Morgan fingerprint density at radius 3 is 2.90 bits per heavy atom. The minimum absolute atomic E-state index is 0.0703. The third-order valence-corrected chi connectivity index (χ3v) is 5.32. The van der Waals surface area contributed by atoms with Gasteiger partial charge in [-0.15, -0.1) is 11.6 Å². The van der Waals surface area contributed by atoms with Crippen LogP contribution in [0, 0.1) is 6.92 Å². The number of hydrogen-bond acceptors (Lipinski definition) is 3. The SMILES string of the molecule is CCn1nc(C)c2nc(C(C)Cl)n(C3CCCSC3)c21. The van der Waals surface area contributed by atoms with Crippen molar-refractivity contribution in [2.45, 2.75) is 51.6 Å². The lowest BCUT2D eigenvalue weighted by atomic mass is 10.2. The molecule has 0 bridgehead atoms. The molecule has 1 aliphatic rings. The summed E-state index contributed by atoms with van der Waals surface area (Å²) in [6, 6.07) is 0.497. The van der Waals surface area contributed by atoms with Gasteiger partial charge in [-0.3, -0.25) is 0 Å². The lowest BCUT2D eigenvalue weighted by Gasteiger charge is -2.25. The molecule has 3 heterocycles. The Balaban J connectivity index is 2.21. The third kappa shape index (κ3) is 2.25. The van der Waals surface area contributed by atoms with Crippen LogP contribution < -0.4 is 0 Å². The molecule has 1 fully saturated rings. The van der Waals surface area contributed by atoms with Crippen LogP contribution in [0.2, 0.25) is 0 Å². The molecule has 2 unspecified atom stereocenters. The van der Waals surface area contributed by atoms with Gasteiger partial charge in [0, 0.05) is 18.3 Å². The number of halogens is 1. The maximum absolute atomic E-state index is 6.38. The first-order chi connectivity index (χ1) is 9.63. The highest BCUT2D eigenvalue weighted by atomic mass is 35.5. The van der Waals surface area contributed by atoms with Crippen LogP contribution in [-0.4, -0.2) is 30.8 Å². The fourth-order valence-electron chi connectivity index (χ4n) is 2.99. The van der Waals surface area contributed by atoms with Crippen molar-refractivity contribution in [3.63, 3.8) is 0 Å². The second-order valence-corrected chi connectivity index (χ2v) is 7.20. The van der Waals surface area contributed by atoms with E-state index in [1.807, 2.05) is 25.6 Å². The first-order valence-electron chi connectivity index (χ1n) is 7.30. The van der Waals surface area contributed by atoms with E-state index in [0.717, 1.165) is 35.0 Å². The Morgan fingerprint density at radius 2 is 2.30 bits per heavy atom. The molecule has 3 rings (SSSR count). The van der Waals surface area contributed by atoms with Crippen molar-refractivity contribution in [2.75, 3.05) is 11.5 Å². The third-order valence-electron chi connectivity index (χ3n) is 3.93. The Kier molecular flexibility index (Phi) is 4.00. The Labute approximate surface area is 128 Å². The van der Waals surface area contributed by atoms with Crippen LogP contribution in [0.1, 0.15) is 49.6 Å². The average molecular weight is 313 g/mol. The monoisotopic (exact) mass is 312 g/mol. The molecular formula is C14H21ClN4S. The first-order valence-corrected chi connectivity index (χ1v) is 8.89. The van der Waals surface area contributed by atoms with Crippen LogP contribution in [0.5, 0.6) is 0 Å². The lowest BCUT2D eigenvalue weighted by Crippen LogP contribution is -2.20. The van der Waals surface area contributed by atoms with E-state index in [1.165, 1.54) is 18.6 Å². The van der Waals surface area contributed by atoms with E-state index in [4.69, 9.17) is 16.6 Å². The molecule has 2 aromatic rings. The van der Waals surface area contributed by atoms with Crippen molar-refractivity contribution in [1.82, 2.24) is 19.3 Å². The van der Waals surface area contributed by atoms with E-state index >= 15 is 0 Å². The normalized spacial score (nSPS) is 21.5. The van der Waals surface area contributed by atoms with Crippen molar-refractivity contribution in [2.24, 2.45) is 0 Å². The van der Waals surface area contributed by atoms with Crippen molar-refractivity contribution < 1.29 is 0 Å². The van der Waals surface area contributed by atoms with Crippen LogP contribution >= 0.6 is 23.4 Å². The van der Waals surface area contributed by atoms with Crippen molar-refractivity contribution in [1.29, 1.82) is 0 Å². The summed E-state index contributed by atoms with van der Waals surface area (Å²) in [5, 5.41) is 4.54. The first kappa shape index (κ1) is 14.3. The molecule has 20 heavy (non-hydrogen) atoms. The summed E-state index contributed by atoms with van der Waals surface area (Å²) in [6.07, 6.45) is 2.48. The van der Waals surface area contributed by atoms with Crippen LogP contribution in [0.3, 0.4) is 0 Å². The van der Waals surface area contributed by atoms with E-state index in [0.29, 0.717) is 6.04 Å². The zero-order valence-corrected chi connectivity index (χ0v) is 13.8. The summed E-state index contributed by atoms with van der Waals surface area (Å²) in [5.41, 5.74) is 3.17. The van der Waals surface area contributed by atoms with Gasteiger partial charge in [0.1, 0.15) is 11.3 Å². The van der Waals surface area contributed by atoms with E-state index in [2.05, 4.69) is 21.3 Å². The summed E-state index contributed by atoms with van der Waals surface area (Å²) < 4.78 is 4.43. The molecule has 0 saturated carbocycles. The summed E-state index contributed by atoms with van der Waals surface area (Å²) >= 11 is 8.41. The standard InChI is InChI=1S/C14H21ClN4S/c1-4-18-14-12(10(3)17-18)16-13(9(2)15)19(14)11-6-5-7-20-8-11/h9,11H,4-8H2,1-3H3. The highest BCUT2D eigenvalue weighted by Gasteiger charge is 2.27. The molecule has 0 radical (unpaired) electrons. The van der Waals surface area contributed by atoms with Gasteiger partial charge >= 0.3 is 0 Å². The molecule has 0 amide bonds. The van der Waals surface area contributed by atoms with E-state index in [9.17, 15) is 0 Å². The fraction of sp³-hybridized carbons (Fsp3) is 0.714. The van der Waals surface area contributed by atoms with E-state index in [-0.39, 0.29) is 5.38 Å². The predicted octanol–water partition coefficient (Wildman–Crippen LogP) is 3.93. The second-order valence-electron chi connectivity index (χ2n) is 5.40. The number of alkyl halides is 1. The van der Waals surface area contributed by atoms with Gasteiger partial charge < -0.3 is 4.57 Å². The van der Waals surface area contributed by atoms with Gasteiger partial charge in [-0.2, -0.15) is 16.9 Å². The molecule has 2 aromatic heterocycles. The second kappa shape index (κ2) is 5.60. The summed E-state index contributed by atoms with van der Waals surface area (Å²) in [4.78, 5) is 4.79. The largest absolute Gasteiger partial charge is 0.308 e. The van der Waals surface area contributed by atoms with Crippen molar-refractivity contribution in [3.05, 3.63) is 11.5 Å². The zero-order valence-electron chi connectivity index (χ0n) is 12.3. The Morgan fingerprint density at radius 1 is 1.50 bits per heavy atom. The maximum Gasteiger partial charge on any atom is 0.159 e. The van der Waals surface area contributed by atoms with Gasteiger partial charge in [0.05, 0.1) is 11.1 Å².